The van der Waals surface area contributed by atoms with E-state index >= 15 is 0 Å². The van der Waals surface area contributed by atoms with E-state index in [1.165, 1.54) is 6.20 Å². The maximum Gasteiger partial charge on any atom is 0.287 e. The van der Waals surface area contributed by atoms with Crippen molar-refractivity contribution in [3.8, 4) is 0 Å². The van der Waals surface area contributed by atoms with E-state index in [-0.39, 0.29) is 17.2 Å². The molecule has 0 unspecified atom stereocenters. The van der Waals surface area contributed by atoms with Crippen LogP contribution >= 0.6 is 31.9 Å². The molecule has 2 aromatic heterocycles. The van der Waals surface area contributed by atoms with E-state index < -0.39 is 10.8 Å². The molecule has 0 fully saturated rings. The van der Waals surface area contributed by atoms with Gasteiger partial charge in [-0.3, -0.25) is 14.9 Å². The van der Waals surface area contributed by atoms with Gasteiger partial charge in [-0.2, -0.15) is 0 Å². The van der Waals surface area contributed by atoms with Crippen molar-refractivity contribution in [2.45, 2.75) is 0 Å². The number of rotatable bonds is 3. The van der Waals surface area contributed by atoms with Crippen molar-refractivity contribution >= 4 is 49.3 Å². The highest BCUT2D eigenvalue weighted by Gasteiger charge is 2.16. The number of amides is 1. The zero-order valence-electron chi connectivity index (χ0n) is 9.05. The summed E-state index contributed by atoms with van der Waals surface area (Å²) < 4.78 is 0.851. The number of nitro groups is 1. The minimum absolute atomic E-state index is 0.0586. The monoisotopic (exact) mass is 389 g/mol. The molecule has 98 valence electrons. The molecule has 0 aliphatic rings. The number of hydrogen-bond donors (Lipinski definition) is 2. The third-order valence-corrected chi connectivity index (χ3v) is 2.99. The molecular weight excluding hydrogens is 386 g/mol. The Balaban J connectivity index is 2.18. The van der Waals surface area contributed by atoms with Crippen LogP contribution in [0.4, 0.5) is 11.5 Å². The Labute approximate surface area is 123 Å². The SMILES string of the molecule is O=C(Nc1ncc(Br)nc1Br)c1cc([N+](=O)[O-])c[nH]1. The van der Waals surface area contributed by atoms with Crippen molar-refractivity contribution < 1.29 is 9.72 Å². The number of aromatic nitrogens is 3. The Morgan fingerprint density at radius 1 is 1.47 bits per heavy atom. The molecular formula is C9H5Br2N5O3. The van der Waals surface area contributed by atoms with Crippen molar-refractivity contribution in [1.29, 1.82) is 0 Å². The van der Waals surface area contributed by atoms with Crippen LogP contribution in [0.1, 0.15) is 10.5 Å². The maximum atomic E-state index is 11.8. The lowest BCUT2D eigenvalue weighted by molar-refractivity contribution is -0.384. The first-order valence-electron chi connectivity index (χ1n) is 4.79. The molecule has 2 heterocycles. The Morgan fingerprint density at radius 2 is 2.21 bits per heavy atom. The molecule has 0 spiro atoms. The lowest BCUT2D eigenvalue weighted by atomic mass is 10.4. The summed E-state index contributed by atoms with van der Waals surface area (Å²) in [5, 5.41) is 13.0. The van der Waals surface area contributed by atoms with Gasteiger partial charge in [-0.25, -0.2) is 9.97 Å². The summed E-state index contributed by atoms with van der Waals surface area (Å²) in [4.78, 5) is 32.2. The predicted molar refractivity (Wildman–Crippen MR) is 72.8 cm³/mol. The lowest BCUT2D eigenvalue weighted by Crippen LogP contribution is -2.14. The molecule has 0 saturated carbocycles. The fourth-order valence-electron chi connectivity index (χ4n) is 1.22. The van der Waals surface area contributed by atoms with Gasteiger partial charge in [0.25, 0.3) is 11.6 Å². The van der Waals surface area contributed by atoms with Crippen molar-refractivity contribution in [2.24, 2.45) is 0 Å². The molecule has 10 heteroatoms. The van der Waals surface area contributed by atoms with Gasteiger partial charge in [0.15, 0.2) is 5.82 Å². The van der Waals surface area contributed by atoms with Crippen LogP contribution in [0.5, 0.6) is 0 Å². The number of aromatic amines is 1. The Hall–Kier alpha value is -1.81. The van der Waals surface area contributed by atoms with Crippen LogP contribution in [-0.4, -0.2) is 25.8 Å². The molecule has 0 saturated heterocycles. The highest BCUT2D eigenvalue weighted by Crippen LogP contribution is 2.20. The van der Waals surface area contributed by atoms with Crippen LogP contribution in [-0.2, 0) is 0 Å². The minimum atomic E-state index is -0.595. The molecule has 0 aliphatic heterocycles. The molecule has 0 atom stereocenters. The number of nitrogens with zero attached hydrogens (tertiary/aromatic N) is 3. The van der Waals surface area contributed by atoms with E-state index in [2.05, 4.69) is 52.1 Å². The van der Waals surface area contributed by atoms with Crippen LogP contribution in [0.3, 0.4) is 0 Å². The number of halogens is 2. The highest BCUT2D eigenvalue weighted by atomic mass is 79.9. The van der Waals surface area contributed by atoms with Gasteiger partial charge in [0.1, 0.15) is 14.9 Å². The molecule has 19 heavy (non-hydrogen) atoms. The van der Waals surface area contributed by atoms with Crippen molar-refractivity contribution in [2.75, 3.05) is 5.32 Å². The largest absolute Gasteiger partial charge is 0.351 e. The molecule has 0 radical (unpaired) electrons. The first kappa shape index (κ1) is 13.6. The molecule has 0 aliphatic carbocycles. The Bertz CT molecular complexity index is 657. The molecule has 2 rings (SSSR count). The van der Waals surface area contributed by atoms with Gasteiger partial charge in [0, 0.05) is 6.07 Å². The normalized spacial score (nSPS) is 10.2. The summed E-state index contributed by atoms with van der Waals surface area (Å²) in [6, 6.07) is 1.13. The summed E-state index contributed by atoms with van der Waals surface area (Å²) in [5.41, 5.74) is -0.130. The first-order chi connectivity index (χ1) is 8.97. The third-order valence-electron chi connectivity index (χ3n) is 2.06. The number of H-pyrrole nitrogens is 1. The Kier molecular flexibility index (Phi) is 3.90. The summed E-state index contributed by atoms with van der Waals surface area (Å²) in [6.45, 7) is 0. The van der Waals surface area contributed by atoms with Gasteiger partial charge in [0.05, 0.1) is 17.3 Å². The van der Waals surface area contributed by atoms with E-state index in [9.17, 15) is 14.9 Å². The van der Waals surface area contributed by atoms with Gasteiger partial charge < -0.3 is 10.3 Å². The van der Waals surface area contributed by atoms with E-state index in [1.54, 1.807) is 0 Å². The van der Waals surface area contributed by atoms with Crippen LogP contribution < -0.4 is 5.32 Å². The van der Waals surface area contributed by atoms with Crippen LogP contribution in [0.25, 0.3) is 0 Å². The van der Waals surface area contributed by atoms with Crippen LogP contribution in [0.15, 0.2) is 27.7 Å². The molecule has 0 aromatic carbocycles. The number of carbonyl (C=O) groups excluding carboxylic acids is 1. The first-order valence-corrected chi connectivity index (χ1v) is 6.38. The predicted octanol–water partition coefficient (Wildman–Crippen LogP) is 2.49. The third kappa shape index (κ3) is 3.15. The average molecular weight is 391 g/mol. The average Bonchev–Trinajstić information content (AvgIpc) is 2.82. The summed E-state index contributed by atoms with van der Waals surface area (Å²) in [6.07, 6.45) is 2.55. The number of nitrogens with one attached hydrogen (secondary N) is 2. The molecule has 8 nitrogen and oxygen atoms in total. The van der Waals surface area contributed by atoms with Crippen molar-refractivity contribution in [3.05, 3.63) is 43.5 Å². The van der Waals surface area contributed by atoms with Gasteiger partial charge >= 0.3 is 0 Å². The summed E-state index contributed by atoms with van der Waals surface area (Å²) in [7, 11) is 0. The second-order valence-electron chi connectivity index (χ2n) is 3.31. The minimum Gasteiger partial charge on any atom is -0.351 e. The van der Waals surface area contributed by atoms with Gasteiger partial charge in [0.2, 0.25) is 0 Å². The number of hydrogen-bond acceptors (Lipinski definition) is 5. The van der Waals surface area contributed by atoms with E-state index in [0.717, 1.165) is 12.3 Å². The van der Waals surface area contributed by atoms with E-state index in [1.807, 2.05) is 0 Å². The fourth-order valence-corrected chi connectivity index (χ4v) is 2.13. The van der Waals surface area contributed by atoms with Crippen molar-refractivity contribution in [1.82, 2.24) is 15.0 Å². The second kappa shape index (κ2) is 5.45. The summed E-state index contributed by atoms with van der Waals surface area (Å²) in [5.74, 6) is -0.337. The fraction of sp³-hybridized carbons (Fsp3) is 0. The van der Waals surface area contributed by atoms with Crippen LogP contribution in [0, 0.1) is 10.1 Å². The molecule has 1 amide bonds. The van der Waals surface area contributed by atoms with Gasteiger partial charge in [-0.1, -0.05) is 0 Å². The standard InChI is InChI=1S/C9H5Br2N5O3/c10-6-3-13-8(7(11)14-6)15-9(17)5-1-4(2-12-5)16(18)19/h1-3,12H,(H,13,15,17). The number of carbonyl (C=O) groups is 1. The topological polar surface area (TPSA) is 114 Å². The second-order valence-corrected chi connectivity index (χ2v) is 4.88. The Morgan fingerprint density at radius 3 is 2.79 bits per heavy atom. The summed E-state index contributed by atoms with van der Waals surface area (Å²) >= 11 is 6.27. The van der Waals surface area contributed by atoms with E-state index in [4.69, 9.17) is 0 Å². The van der Waals surface area contributed by atoms with E-state index in [0.29, 0.717) is 9.21 Å². The smallest absolute Gasteiger partial charge is 0.287 e. The number of anilines is 1. The quantitative estimate of drug-likeness (QED) is 0.617. The van der Waals surface area contributed by atoms with Crippen molar-refractivity contribution in [3.63, 3.8) is 0 Å². The zero-order chi connectivity index (χ0) is 14.0. The van der Waals surface area contributed by atoms with Crippen LogP contribution in [0.2, 0.25) is 0 Å². The van der Waals surface area contributed by atoms with Gasteiger partial charge in [-0.05, 0) is 31.9 Å². The lowest BCUT2D eigenvalue weighted by Gasteiger charge is -2.04. The van der Waals surface area contributed by atoms with Gasteiger partial charge in [-0.15, -0.1) is 0 Å². The highest BCUT2D eigenvalue weighted by molar-refractivity contribution is 9.11. The maximum absolute atomic E-state index is 11.8. The molecule has 0 bridgehead atoms. The molecule has 2 N–H and O–H groups in total. The zero-order valence-corrected chi connectivity index (χ0v) is 12.2. The molecule has 2 aromatic rings.